The molecule has 0 spiro atoms. The summed E-state index contributed by atoms with van der Waals surface area (Å²) in [5, 5.41) is 0.889. The molecule has 0 bridgehead atoms. The summed E-state index contributed by atoms with van der Waals surface area (Å²) in [7, 11) is 0. The Balaban J connectivity index is 2.91. The van der Waals surface area contributed by atoms with Crippen molar-refractivity contribution in [3.05, 3.63) is 29.6 Å². The van der Waals surface area contributed by atoms with Crippen molar-refractivity contribution >= 4 is 15.9 Å². The van der Waals surface area contributed by atoms with Crippen molar-refractivity contribution in [3.8, 4) is 0 Å². The highest BCUT2D eigenvalue weighted by atomic mass is 79.9. The molecule has 0 saturated heterocycles. The van der Waals surface area contributed by atoms with Crippen molar-refractivity contribution in [2.24, 2.45) is 0 Å². The number of hydrogen-bond donors (Lipinski definition) is 0. The summed E-state index contributed by atoms with van der Waals surface area (Å²) in [4.78, 5) is 4.15. The average molecular weight is 214 g/mol. The van der Waals surface area contributed by atoms with E-state index in [1.165, 1.54) is 11.1 Å². The monoisotopic (exact) mass is 213 g/mol. The van der Waals surface area contributed by atoms with Gasteiger partial charge in [0, 0.05) is 17.7 Å². The van der Waals surface area contributed by atoms with Gasteiger partial charge in [0.2, 0.25) is 0 Å². The van der Waals surface area contributed by atoms with E-state index in [2.05, 4.69) is 40.8 Å². The second-order valence-electron chi connectivity index (χ2n) is 2.91. The van der Waals surface area contributed by atoms with Gasteiger partial charge in [0.05, 0.1) is 0 Å². The Morgan fingerprint density at radius 2 is 2.18 bits per heavy atom. The van der Waals surface area contributed by atoms with E-state index in [1.807, 2.05) is 12.4 Å². The van der Waals surface area contributed by atoms with E-state index >= 15 is 0 Å². The van der Waals surface area contributed by atoms with E-state index in [0.29, 0.717) is 5.92 Å². The lowest BCUT2D eigenvalue weighted by atomic mass is 10.0. The van der Waals surface area contributed by atoms with E-state index in [-0.39, 0.29) is 0 Å². The van der Waals surface area contributed by atoms with Crippen molar-refractivity contribution in [3.63, 3.8) is 0 Å². The number of nitrogens with zero attached hydrogens (tertiary/aromatic N) is 1. The summed E-state index contributed by atoms with van der Waals surface area (Å²) in [6, 6.07) is 2.19. The standard InChI is InChI=1S/C9H12BrN/c1-7(2)9-3-8(4-10)5-11-6-9/h3,5-7H,4H2,1-2H3. The molecule has 0 aromatic carbocycles. The van der Waals surface area contributed by atoms with E-state index in [4.69, 9.17) is 0 Å². The number of hydrogen-bond acceptors (Lipinski definition) is 1. The fraction of sp³-hybridized carbons (Fsp3) is 0.444. The van der Waals surface area contributed by atoms with Crippen LogP contribution >= 0.6 is 15.9 Å². The molecule has 1 aromatic heterocycles. The minimum atomic E-state index is 0.571. The second kappa shape index (κ2) is 3.86. The maximum Gasteiger partial charge on any atom is 0.0308 e. The first-order chi connectivity index (χ1) is 5.24. The van der Waals surface area contributed by atoms with Gasteiger partial charge in [-0.15, -0.1) is 0 Å². The summed E-state index contributed by atoms with van der Waals surface area (Å²) < 4.78 is 0. The third-order valence-electron chi connectivity index (χ3n) is 1.64. The lowest BCUT2D eigenvalue weighted by molar-refractivity contribution is 0.855. The van der Waals surface area contributed by atoms with Gasteiger partial charge in [-0.05, 0) is 17.0 Å². The SMILES string of the molecule is CC(C)c1cncc(CBr)c1. The Bertz CT molecular complexity index is 233. The molecule has 60 valence electrons. The predicted molar refractivity (Wildman–Crippen MR) is 51.0 cm³/mol. The van der Waals surface area contributed by atoms with E-state index in [9.17, 15) is 0 Å². The zero-order chi connectivity index (χ0) is 8.27. The molecule has 1 heterocycles. The zero-order valence-corrected chi connectivity index (χ0v) is 8.43. The molecule has 0 atom stereocenters. The molecule has 1 aromatic rings. The van der Waals surface area contributed by atoms with Gasteiger partial charge < -0.3 is 0 Å². The van der Waals surface area contributed by atoms with Crippen LogP contribution in [0.1, 0.15) is 30.9 Å². The first-order valence-electron chi connectivity index (χ1n) is 3.74. The van der Waals surface area contributed by atoms with Gasteiger partial charge >= 0.3 is 0 Å². The predicted octanol–water partition coefficient (Wildman–Crippen LogP) is 3.10. The summed E-state index contributed by atoms with van der Waals surface area (Å²) in [6.45, 7) is 4.35. The molecule has 1 nitrogen and oxygen atoms in total. The molecular formula is C9H12BrN. The van der Waals surface area contributed by atoms with Gasteiger partial charge in [-0.1, -0.05) is 35.8 Å². The van der Waals surface area contributed by atoms with Crippen LogP contribution in [0.4, 0.5) is 0 Å². The Kier molecular flexibility index (Phi) is 3.06. The van der Waals surface area contributed by atoms with Gasteiger partial charge in [-0.25, -0.2) is 0 Å². The normalized spacial score (nSPS) is 10.5. The van der Waals surface area contributed by atoms with Gasteiger partial charge in [0.25, 0.3) is 0 Å². The van der Waals surface area contributed by atoms with Gasteiger partial charge in [-0.2, -0.15) is 0 Å². The van der Waals surface area contributed by atoms with Crippen LogP contribution in [0.3, 0.4) is 0 Å². The molecule has 0 unspecified atom stereocenters. The third kappa shape index (κ3) is 2.29. The van der Waals surface area contributed by atoms with Crippen molar-refractivity contribution in [2.75, 3.05) is 0 Å². The van der Waals surface area contributed by atoms with Crippen molar-refractivity contribution in [2.45, 2.75) is 25.1 Å². The Hall–Kier alpha value is -0.370. The molecule has 0 aliphatic rings. The maximum atomic E-state index is 4.15. The molecule has 11 heavy (non-hydrogen) atoms. The first-order valence-corrected chi connectivity index (χ1v) is 4.86. The van der Waals surface area contributed by atoms with Crippen LogP contribution in [0, 0.1) is 0 Å². The average Bonchev–Trinajstić information content (AvgIpc) is 2.05. The summed E-state index contributed by atoms with van der Waals surface area (Å²) in [6.07, 6.45) is 3.82. The van der Waals surface area contributed by atoms with E-state index < -0.39 is 0 Å². The summed E-state index contributed by atoms with van der Waals surface area (Å²) in [5.41, 5.74) is 2.55. The summed E-state index contributed by atoms with van der Waals surface area (Å²) >= 11 is 3.40. The number of alkyl halides is 1. The van der Waals surface area contributed by atoms with Crippen LogP contribution in [-0.4, -0.2) is 4.98 Å². The molecule has 0 fully saturated rings. The lowest BCUT2D eigenvalue weighted by Crippen LogP contribution is -1.90. The van der Waals surface area contributed by atoms with Crippen LogP contribution in [-0.2, 0) is 5.33 Å². The maximum absolute atomic E-state index is 4.15. The number of rotatable bonds is 2. The molecule has 0 saturated carbocycles. The fourth-order valence-electron chi connectivity index (χ4n) is 0.897. The van der Waals surface area contributed by atoms with Gasteiger partial charge in [0.1, 0.15) is 0 Å². The number of aromatic nitrogens is 1. The van der Waals surface area contributed by atoms with Crippen molar-refractivity contribution in [1.82, 2.24) is 4.98 Å². The molecule has 0 amide bonds. The molecule has 2 heteroatoms. The van der Waals surface area contributed by atoms with Gasteiger partial charge in [-0.3, -0.25) is 4.98 Å². The highest BCUT2D eigenvalue weighted by molar-refractivity contribution is 9.08. The van der Waals surface area contributed by atoms with E-state index in [1.54, 1.807) is 0 Å². The quantitative estimate of drug-likeness (QED) is 0.689. The molecule has 0 aliphatic heterocycles. The fourth-order valence-corrected chi connectivity index (χ4v) is 1.20. The van der Waals surface area contributed by atoms with Crippen LogP contribution in [0.5, 0.6) is 0 Å². The van der Waals surface area contributed by atoms with Gasteiger partial charge in [0.15, 0.2) is 0 Å². The van der Waals surface area contributed by atoms with Crippen molar-refractivity contribution < 1.29 is 0 Å². The Labute approximate surface area is 76.0 Å². The van der Waals surface area contributed by atoms with Crippen LogP contribution in [0.15, 0.2) is 18.5 Å². The highest BCUT2D eigenvalue weighted by Crippen LogP contribution is 2.15. The minimum Gasteiger partial charge on any atom is -0.264 e. The number of pyridine rings is 1. The molecule has 0 aliphatic carbocycles. The first kappa shape index (κ1) is 8.72. The Morgan fingerprint density at radius 3 is 2.73 bits per heavy atom. The zero-order valence-electron chi connectivity index (χ0n) is 6.84. The molecule has 0 radical (unpaired) electrons. The summed E-state index contributed by atoms with van der Waals surface area (Å²) in [5.74, 6) is 0.571. The van der Waals surface area contributed by atoms with E-state index in [0.717, 1.165) is 5.33 Å². The number of halogens is 1. The van der Waals surface area contributed by atoms with Crippen LogP contribution < -0.4 is 0 Å². The topological polar surface area (TPSA) is 12.9 Å². The van der Waals surface area contributed by atoms with Crippen molar-refractivity contribution in [1.29, 1.82) is 0 Å². The van der Waals surface area contributed by atoms with Crippen LogP contribution in [0.25, 0.3) is 0 Å². The lowest BCUT2D eigenvalue weighted by Gasteiger charge is -2.04. The molecular weight excluding hydrogens is 202 g/mol. The minimum absolute atomic E-state index is 0.571. The Morgan fingerprint density at radius 1 is 1.45 bits per heavy atom. The molecule has 1 rings (SSSR count). The molecule has 0 N–H and O–H groups in total. The largest absolute Gasteiger partial charge is 0.264 e. The highest BCUT2D eigenvalue weighted by Gasteiger charge is 1.99. The van der Waals surface area contributed by atoms with Crippen LogP contribution in [0.2, 0.25) is 0 Å². The second-order valence-corrected chi connectivity index (χ2v) is 3.48. The smallest absolute Gasteiger partial charge is 0.0308 e. The third-order valence-corrected chi connectivity index (χ3v) is 2.28.